The molecule has 0 saturated heterocycles. The highest BCUT2D eigenvalue weighted by Crippen LogP contribution is 2.44. The Balaban J connectivity index is 1.55. The molecule has 2 heterocycles. The second-order valence-electron chi connectivity index (χ2n) is 9.41. The van der Waals surface area contributed by atoms with Crippen LogP contribution in [0.2, 0.25) is 0 Å². The molecule has 8 heteroatoms. The zero-order chi connectivity index (χ0) is 28.1. The van der Waals surface area contributed by atoms with Gasteiger partial charge in [0.25, 0.3) is 5.91 Å². The van der Waals surface area contributed by atoms with E-state index in [1.54, 1.807) is 19.3 Å². The number of methoxy groups -OCH3 is 1. The first-order chi connectivity index (χ1) is 19.5. The number of rotatable bonds is 11. The van der Waals surface area contributed by atoms with Gasteiger partial charge in [-0.1, -0.05) is 79.6 Å². The van der Waals surface area contributed by atoms with Gasteiger partial charge < -0.3 is 14.6 Å². The van der Waals surface area contributed by atoms with E-state index in [0.29, 0.717) is 34.3 Å². The third-order valence-electron chi connectivity index (χ3n) is 6.68. The number of ether oxygens (including phenoxy) is 2. The van der Waals surface area contributed by atoms with Gasteiger partial charge in [0.15, 0.2) is 16.7 Å². The maximum Gasteiger partial charge on any atom is 0.296 e. The molecule has 4 aromatic rings. The number of amides is 1. The van der Waals surface area contributed by atoms with Crippen molar-refractivity contribution in [2.75, 3.05) is 18.6 Å². The topological polar surface area (TPSA) is 89.0 Å². The highest BCUT2D eigenvalue weighted by atomic mass is 32.1. The van der Waals surface area contributed by atoms with E-state index in [1.165, 1.54) is 22.3 Å². The monoisotopic (exact) mass is 554 g/mol. The first-order valence-electron chi connectivity index (χ1n) is 13.2. The molecule has 3 aromatic carbocycles. The predicted molar refractivity (Wildman–Crippen MR) is 158 cm³/mol. The van der Waals surface area contributed by atoms with Crippen LogP contribution in [0.4, 0.5) is 5.13 Å². The summed E-state index contributed by atoms with van der Waals surface area (Å²) in [5.41, 5.74) is 2.15. The number of hydrogen-bond acceptors (Lipinski definition) is 7. The zero-order valence-corrected chi connectivity index (χ0v) is 23.2. The van der Waals surface area contributed by atoms with Crippen LogP contribution >= 0.6 is 11.3 Å². The highest BCUT2D eigenvalue weighted by molar-refractivity contribution is 7.22. The number of anilines is 1. The number of ketones is 1. The molecule has 0 radical (unpaired) electrons. The van der Waals surface area contributed by atoms with Crippen molar-refractivity contribution in [2.45, 2.75) is 32.2 Å². The van der Waals surface area contributed by atoms with Crippen molar-refractivity contribution >= 4 is 44.5 Å². The molecule has 1 aromatic heterocycles. The first kappa shape index (κ1) is 27.1. The number of allylic oxidation sites excluding steroid dienone is 1. The molecule has 0 aliphatic carbocycles. The SMILES string of the molecule is CCCCCOc1cccc(C2C(C(=O)C=Cc3ccccc3)=C(O)C(=O)N2c2nc3ccc(OC)cc3s2)c1. The van der Waals surface area contributed by atoms with E-state index in [0.717, 1.165) is 29.5 Å². The third-order valence-corrected chi connectivity index (χ3v) is 7.70. The minimum atomic E-state index is -0.887. The van der Waals surface area contributed by atoms with Crippen LogP contribution in [0.25, 0.3) is 16.3 Å². The van der Waals surface area contributed by atoms with E-state index in [9.17, 15) is 14.7 Å². The first-order valence-corrected chi connectivity index (χ1v) is 14.0. The molecule has 1 N–H and O–H groups in total. The van der Waals surface area contributed by atoms with Crippen LogP contribution in [-0.4, -0.2) is 35.5 Å². The summed E-state index contributed by atoms with van der Waals surface area (Å²) >= 11 is 1.29. The second-order valence-corrected chi connectivity index (χ2v) is 10.4. The van der Waals surface area contributed by atoms with Crippen LogP contribution in [0.1, 0.15) is 43.4 Å². The molecule has 1 aliphatic heterocycles. The number of carbonyl (C=O) groups excluding carboxylic acids is 2. The van der Waals surface area contributed by atoms with Gasteiger partial charge in [0.1, 0.15) is 11.5 Å². The number of carbonyl (C=O) groups is 2. The van der Waals surface area contributed by atoms with E-state index in [2.05, 4.69) is 11.9 Å². The van der Waals surface area contributed by atoms with Gasteiger partial charge in [-0.15, -0.1) is 0 Å². The Morgan fingerprint density at radius 1 is 1.05 bits per heavy atom. The fourth-order valence-electron chi connectivity index (χ4n) is 4.63. The summed E-state index contributed by atoms with van der Waals surface area (Å²) in [6, 6.07) is 21.3. The van der Waals surface area contributed by atoms with Gasteiger partial charge in [-0.3, -0.25) is 14.5 Å². The highest BCUT2D eigenvalue weighted by Gasteiger charge is 2.45. The molecule has 40 heavy (non-hydrogen) atoms. The minimum Gasteiger partial charge on any atom is -0.503 e. The van der Waals surface area contributed by atoms with Gasteiger partial charge in [0.2, 0.25) is 0 Å². The van der Waals surface area contributed by atoms with Crippen molar-refractivity contribution in [3.05, 3.63) is 101 Å². The summed E-state index contributed by atoms with van der Waals surface area (Å²) in [4.78, 5) is 33.2. The molecule has 0 saturated carbocycles. The van der Waals surface area contributed by atoms with Crippen LogP contribution in [0.5, 0.6) is 11.5 Å². The molecular formula is C32H30N2O5S. The van der Waals surface area contributed by atoms with Crippen molar-refractivity contribution < 1.29 is 24.2 Å². The molecule has 0 fully saturated rings. The Hall–Kier alpha value is -4.43. The average Bonchev–Trinajstić information content (AvgIpc) is 3.52. The lowest BCUT2D eigenvalue weighted by molar-refractivity contribution is -0.117. The molecule has 1 atom stereocenters. The van der Waals surface area contributed by atoms with Gasteiger partial charge in [-0.25, -0.2) is 4.98 Å². The molecular weight excluding hydrogens is 524 g/mol. The van der Waals surface area contributed by atoms with E-state index >= 15 is 0 Å². The summed E-state index contributed by atoms with van der Waals surface area (Å²) in [5.74, 6) is -0.421. The van der Waals surface area contributed by atoms with Crippen molar-refractivity contribution in [2.24, 2.45) is 0 Å². The lowest BCUT2D eigenvalue weighted by Gasteiger charge is -2.24. The maximum atomic E-state index is 13.6. The summed E-state index contributed by atoms with van der Waals surface area (Å²) in [7, 11) is 1.59. The molecule has 5 rings (SSSR count). The Bertz CT molecular complexity index is 1590. The van der Waals surface area contributed by atoms with Gasteiger partial charge in [0, 0.05) is 0 Å². The van der Waals surface area contributed by atoms with Gasteiger partial charge in [0.05, 0.1) is 35.5 Å². The fourth-order valence-corrected chi connectivity index (χ4v) is 5.66. The molecule has 7 nitrogen and oxygen atoms in total. The van der Waals surface area contributed by atoms with Gasteiger partial charge in [-0.05, 0) is 54.0 Å². The van der Waals surface area contributed by atoms with Gasteiger partial charge >= 0.3 is 0 Å². The number of benzene rings is 3. The molecule has 0 bridgehead atoms. The Morgan fingerprint density at radius 2 is 1.88 bits per heavy atom. The normalized spacial score (nSPS) is 15.4. The van der Waals surface area contributed by atoms with Crippen molar-refractivity contribution in [3.8, 4) is 11.5 Å². The number of nitrogens with zero attached hydrogens (tertiary/aromatic N) is 2. The van der Waals surface area contributed by atoms with Crippen LogP contribution in [-0.2, 0) is 9.59 Å². The smallest absolute Gasteiger partial charge is 0.296 e. The molecule has 1 aliphatic rings. The number of aliphatic hydroxyl groups is 1. The summed E-state index contributed by atoms with van der Waals surface area (Å²) in [5, 5.41) is 11.4. The van der Waals surface area contributed by atoms with Crippen molar-refractivity contribution in [1.29, 1.82) is 0 Å². The Labute approximate surface area is 237 Å². The molecule has 0 spiro atoms. The minimum absolute atomic E-state index is 0.00264. The zero-order valence-electron chi connectivity index (χ0n) is 22.4. The average molecular weight is 555 g/mol. The maximum absolute atomic E-state index is 13.6. The summed E-state index contributed by atoms with van der Waals surface area (Å²) < 4.78 is 12.1. The van der Waals surface area contributed by atoms with Crippen molar-refractivity contribution in [3.63, 3.8) is 0 Å². The standard InChI is InChI=1S/C32H30N2O5S/c1-3-4-8-18-39-24-13-9-12-22(19-24)29-28(26(35)17-14-21-10-6-5-7-11-21)30(36)31(37)34(29)32-33-25-16-15-23(38-2)20-27(25)40-32/h5-7,9-17,19-20,29,36H,3-4,8,18H2,1-2H3. The van der Waals surface area contributed by atoms with Crippen molar-refractivity contribution in [1.82, 2.24) is 4.98 Å². The fraction of sp³-hybridized carbons (Fsp3) is 0.219. The number of aromatic nitrogens is 1. The van der Waals surface area contributed by atoms with Crippen LogP contribution < -0.4 is 14.4 Å². The third kappa shape index (κ3) is 5.62. The number of unbranched alkanes of at least 4 members (excludes halogenated alkanes) is 2. The van der Waals surface area contributed by atoms with E-state index < -0.39 is 23.5 Å². The molecule has 1 unspecified atom stereocenters. The molecule has 204 valence electrons. The number of hydrogen-bond donors (Lipinski definition) is 1. The quantitative estimate of drug-likeness (QED) is 0.158. The Morgan fingerprint density at radius 3 is 2.65 bits per heavy atom. The van der Waals surface area contributed by atoms with E-state index in [4.69, 9.17) is 9.47 Å². The largest absolute Gasteiger partial charge is 0.503 e. The summed E-state index contributed by atoms with van der Waals surface area (Å²) in [6.07, 6.45) is 6.14. The van der Waals surface area contributed by atoms with Crippen LogP contribution in [0, 0.1) is 0 Å². The Kier molecular flexibility index (Phi) is 8.26. The van der Waals surface area contributed by atoms with Gasteiger partial charge in [-0.2, -0.15) is 0 Å². The van der Waals surface area contributed by atoms with E-state index in [-0.39, 0.29) is 5.57 Å². The number of thiazole rings is 1. The second kappa shape index (κ2) is 12.2. The van der Waals surface area contributed by atoms with E-state index in [1.807, 2.05) is 66.7 Å². The van der Waals surface area contributed by atoms with Crippen LogP contribution in [0.15, 0.2) is 90.2 Å². The number of aliphatic hydroxyl groups excluding tert-OH is 1. The number of fused-ring (bicyclic) bond motifs is 1. The predicted octanol–water partition coefficient (Wildman–Crippen LogP) is 7.06. The lowest BCUT2D eigenvalue weighted by Crippen LogP contribution is -2.30. The van der Waals surface area contributed by atoms with Crippen LogP contribution in [0.3, 0.4) is 0 Å². The molecule has 1 amide bonds. The summed E-state index contributed by atoms with van der Waals surface area (Å²) in [6.45, 7) is 2.70. The lowest BCUT2D eigenvalue weighted by atomic mass is 9.95.